The van der Waals surface area contributed by atoms with Crippen molar-refractivity contribution in [2.45, 2.75) is 39.8 Å². The second-order valence-electron chi connectivity index (χ2n) is 3.93. The van der Waals surface area contributed by atoms with Crippen molar-refractivity contribution in [1.82, 2.24) is 0 Å². The molecule has 0 aromatic rings. The molecule has 0 saturated heterocycles. The van der Waals surface area contributed by atoms with Gasteiger partial charge in [-0.2, -0.15) is 0 Å². The molecule has 2 unspecified atom stereocenters. The van der Waals surface area contributed by atoms with Gasteiger partial charge in [-0.05, 0) is 25.2 Å². The molecule has 3 heteroatoms. The lowest BCUT2D eigenvalue weighted by Crippen LogP contribution is -2.32. The molecular weight excluding hydrogens is 159 g/mol. The first-order chi connectivity index (χ1) is 5.27. The Bertz CT molecular complexity index is 164. The topological polar surface area (TPSA) is 37.3 Å². The van der Waals surface area contributed by atoms with Gasteiger partial charge < -0.3 is 5.11 Å². The molecule has 0 bridgehead atoms. The maximum atomic E-state index is 13.2. The first-order valence-electron chi connectivity index (χ1n) is 4.19. The van der Waals surface area contributed by atoms with Gasteiger partial charge in [0.05, 0.1) is 0 Å². The fraction of sp³-hybridized carbons (Fsp3) is 0.889. The van der Waals surface area contributed by atoms with Gasteiger partial charge in [0.2, 0.25) is 5.67 Å². The van der Waals surface area contributed by atoms with Crippen LogP contribution < -0.4 is 0 Å². The van der Waals surface area contributed by atoms with E-state index >= 15 is 0 Å². The molecule has 0 aromatic carbocycles. The summed E-state index contributed by atoms with van der Waals surface area (Å²) in [5.74, 6) is -0.953. The van der Waals surface area contributed by atoms with Gasteiger partial charge in [-0.25, -0.2) is 9.18 Å². The first-order valence-corrected chi connectivity index (χ1v) is 4.19. The Balaban J connectivity index is 4.15. The molecule has 0 radical (unpaired) electrons. The van der Waals surface area contributed by atoms with E-state index in [-0.39, 0.29) is 12.3 Å². The SMILES string of the molecule is CC(C)C(C)CC(C)(F)C(=O)O. The van der Waals surface area contributed by atoms with E-state index in [1.807, 2.05) is 20.8 Å². The van der Waals surface area contributed by atoms with Gasteiger partial charge in [0.25, 0.3) is 0 Å². The van der Waals surface area contributed by atoms with Crippen molar-refractivity contribution in [3.05, 3.63) is 0 Å². The maximum absolute atomic E-state index is 13.2. The minimum atomic E-state index is -2.08. The highest BCUT2D eigenvalue weighted by Crippen LogP contribution is 2.25. The van der Waals surface area contributed by atoms with Crippen LogP contribution >= 0.6 is 0 Å². The maximum Gasteiger partial charge on any atom is 0.341 e. The van der Waals surface area contributed by atoms with E-state index < -0.39 is 11.6 Å². The quantitative estimate of drug-likeness (QED) is 0.714. The summed E-state index contributed by atoms with van der Waals surface area (Å²) in [5, 5.41) is 8.50. The summed E-state index contributed by atoms with van der Waals surface area (Å²) < 4.78 is 13.2. The minimum absolute atomic E-state index is 0.0833. The molecule has 0 rings (SSSR count). The third-order valence-corrected chi connectivity index (χ3v) is 2.29. The van der Waals surface area contributed by atoms with E-state index in [2.05, 4.69) is 0 Å². The molecule has 0 amide bonds. The summed E-state index contributed by atoms with van der Waals surface area (Å²) in [6.45, 7) is 6.91. The Hall–Kier alpha value is -0.600. The molecule has 0 aliphatic heterocycles. The van der Waals surface area contributed by atoms with Gasteiger partial charge >= 0.3 is 5.97 Å². The highest BCUT2D eigenvalue weighted by molar-refractivity contribution is 5.76. The summed E-state index contributed by atoms with van der Waals surface area (Å²) in [5.41, 5.74) is -2.08. The van der Waals surface area contributed by atoms with Crippen molar-refractivity contribution in [1.29, 1.82) is 0 Å². The summed E-state index contributed by atoms with van der Waals surface area (Å²) in [6.07, 6.45) is 0.0833. The van der Waals surface area contributed by atoms with Crippen LogP contribution in [0.5, 0.6) is 0 Å². The molecule has 0 aliphatic rings. The van der Waals surface area contributed by atoms with Crippen LogP contribution in [0.2, 0.25) is 0 Å². The number of carboxylic acids is 1. The summed E-state index contributed by atoms with van der Waals surface area (Å²) in [6, 6.07) is 0. The molecule has 0 aliphatic carbocycles. The molecule has 0 spiro atoms. The van der Waals surface area contributed by atoms with Gasteiger partial charge in [0.15, 0.2) is 0 Å². The molecule has 1 N–H and O–H groups in total. The molecule has 2 atom stereocenters. The van der Waals surface area contributed by atoms with Crippen LogP contribution in [-0.2, 0) is 4.79 Å². The smallest absolute Gasteiger partial charge is 0.341 e. The van der Waals surface area contributed by atoms with E-state index in [9.17, 15) is 9.18 Å². The largest absolute Gasteiger partial charge is 0.479 e. The lowest BCUT2D eigenvalue weighted by Gasteiger charge is -2.22. The summed E-state index contributed by atoms with van der Waals surface area (Å²) in [4.78, 5) is 10.4. The van der Waals surface area contributed by atoms with Crippen LogP contribution in [0, 0.1) is 11.8 Å². The van der Waals surface area contributed by atoms with Gasteiger partial charge in [-0.1, -0.05) is 20.8 Å². The number of hydrogen-bond donors (Lipinski definition) is 1. The number of carboxylic acid groups (broad SMARTS) is 1. The normalized spacial score (nSPS) is 18.8. The lowest BCUT2D eigenvalue weighted by atomic mass is 9.87. The van der Waals surface area contributed by atoms with Crippen molar-refractivity contribution in [2.24, 2.45) is 11.8 Å². The average molecular weight is 176 g/mol. The van der Waals surface area contributed by atoms with Crippen LogP contribution in [0.1, 0.15) is 34.1 Å². The molecule has 72 valence electrons. The van der Waals surface area contributed by atoms with Gasteiger partial charge in [-0.3, -0.25) is 0 Å². The van der Waals surface area contributed by atoms with Crippen molar-refractivity contribution < 1.29 is 14.3 Å². The van der Waals surface area contributed by atoms with E-state index in [1.165, 1.54) is 0 Å². The molecule has 0 saturated carbocycles. The molecule has 0 aromatic heterocycles. The fourth-order valence-corrected chi connectivity index (χ4v) is 0.928. The second-order valence-corrected chi connectivity index (χ2v) is 3.93. The third-order valence-electron chi connectivity index (χ3n) is 2.29. The van der Waals surface area contributed by atoms with E-state index in [0.717, 1.165) is 6.92 Å². The van der Waals surface area contributed by atoms with E-state index in [1.54, 1.807) is 0 Å². The van der Waals surface area contributed by atoms with E-state index in [4.69, 9.17) is 5.11 Å². The van der Waals surface area contributed by atoms with Crippen molar-refractivity contribution >= 4 is 5.97 Å². The number of aliphatic carboxylic acids is 1. The standard InChI is InChI=1S/C9H17FO2/c1-6(2)7(3)5-9(4,10)8(11)12/h6-7H,5H2,1-4H3,(H,11,12). The number of rotatable bonds is 4. The Morgan fingerprint density at radius 3 is 2.17 bits per heavy atom. The van der Waals surface area contributed by atoms with Crippen LogP contribution in [0.3, 0.4) is 0 Å². The van der Waals surface area contributed by atoms with Gasteiger partial charge in [0.1, 0.15) is 0 Å². The molecule has 2 nitrogen and oxygen atoms in total. The zero-order valence-electron chi connectivity index (χ0n) is 8.10. The number of hydrogen-bond acceptors (Lipinski definition) is 1. The first kappa shape index (κ1) is 11.4. The molecule has 0 heterocycles. The minimum Gasteiger partial charge on any atom is -0.479 e. The van der Waals surface area contributed by atoms with Crippen LogP contribution in [0.4, 0.5) is 4.39 Å². The Morgan fingerprint density at radius 1 is 1.50 bits per heavy atom. The Kier molecular flexibility index (Phi) is 3.68. The van der Waals surface area contributed by atoms with Crippen molar-refractivity contribution in [2.75, 3.05) is 0 Å². The zero-order chi connectivity index (χ0) is 9.94. The summed E-state index contributed by atoms with van der Waals surface area (Å²) in [7, 11) is 0. The van der Waals surface area contributed by atoms with Crippen molar-refractivity contribution in [3.8, 4) is 0 Å². The number of carbonyl (C=O) groups is 1. The van der Waals surface area contributed by atoms with Gasteiger partial charge in [-0.15, -0.1) is 0 Å². The third kappa shape index (κ3) is 3.20. The van der Waals surface area contributed by atoms with Crippen LogP contribution in [0.15, 0.2) is 0 Å². The monoisotopic (exact) mass is 176 g/mol. The molecular formula is C9H17FO2. The van der Waals surface area contributed by atoms with Crippen molar-refractivity contribution in [3.63, 3.8) is 0 Å². The Morgan fingerprint density at radius 2 is 1.92 bits per heavy atom. The highest BCUT2D eigenvalue weighted by atomic mass is 19.1. The number of alkyl halides is 1. The summed E-state index contributed by atoms with van der Waals surface area (Å²) >= 11 is 0. The van der Waals surface area contributed by atoms with E-state index in [0.29, 0.717) is 5.92 Å². The zero-order valence-corrected chi connectivity index (χ0v) is 8.10. The lowest BCUT2D eigenvalue weighted by molar-refractivity contribution is -0.151. The average Bonchev–Trinajstić information content (AvgIpc) is 1.85. The van der Waals surface area contributed by atoms with Crippen LogP contribution in [0.25, 0.3) is 0 Å². The second kappa shape index (κ2) is 3.87. The van der Waals surface area contributed by atoms with Gasteiger partial charge in [0, 0.05) is 0 Å². The predicted octanol–water partition coefficient (Wildman–Crippen LogP) is 2.48. The highest BCUT2D eigenvalue weighted by Gasteiger charge is 2.34. The van der Waals surface area contributed by atoms with Crippen LogP contribution in [-0.4, -0.2) is 16.7 Å². The molecule has 12 heavy (non-hydrogen) atoms. The Labute approximate surface area is 72.8 Å². The predicted molar refractivity (Wildman–Crippen MR) is 45.8 cm³/mol. The number of halogens is 1. The molecule has 0 fully saturated rings. The fourth-order valence-electron chi connectivity index (χ4n) is 0.928.